The molecule has 1 saturated heterocycles. The minimum Gasteiger partial charge on any atom is -0.466 e. The summed E-state index contributed by atoms with van der Waals surface area (Å²) in [5, 5.41) is 0.831. The van der Waals surface area contributed by atoms with Crippen LogP contribution >= 0.6 is 21.6 Å². The summed E-state index contributed by atoms with van der Waals surface area (Å²) in [7, 11) is 4.01. The van der Waals surface area contributed by atoms with Crippen LogP contribution in [0.3, 0.4) is 0 Å². The lowest BCUT2D eigenvalue weighted by Gasteiger charge is -2.08. The van der Waals surface area contributed by atoms with E-state index in [1.165, 1.54) is 25.0 Å². The maximum Gasteiger partial charge on any atom is 0.305 e. The Morgan fingerprint density at radius 2 is 2.17 bits per heavy atom. The second-order valence-electron chi connectivity index (χ2n) is 5.33. The quantitative estimate of drug-likeness (QED) is 0.350. The highest BCUT2D eigenvalue weighted by molar-refractivity contribution is 8.77. The Hall–Kier alpha value is 0.170. The molecule has 0 bridgehead atoms. The van der Waals surface area contributed by atoms with Gasteiger partial charge in [0.05, 0.1) is 6.61 Å². The third-order valence-electron chi connectivity index (χ3n) is 3.07. The monoisotopic (exact) mass is 290 g/mol. The van der Waals surface area contributed by atoms with E-state index >= 15 is 0 Å². The van der Waals surface area contributed by atoms with Crippen molar-refractivity contribution in [3.8, 4) is 0 Å². The Bertz CT molecular complexity index is 226. The van der Waals surface area contributed by atoms with Gasteiger partial charge in [-0.05, 0) is 38.0 Å². The first-order valence-corrected chi connectivity index (χ1v) is 9.50. The van der Waals surface area contributed by atoms with Crippen molar-refractivity contribution >= 4 is 27.6 Å². The van der Waals surface area contributed by atoms with E-state index < -0.39 is 0 Å². The van der Waals surface area contributed by atoms with E-state index in [-0.39, 0.29) is 5.97 Å². The number of hydrogen-bond acceptors (Lipinski definition) is 4. The highest BCUT2D eigenvalue weighted by atomic mass is 33.1. The zero-order valence-corrected chi connectivity index (χ0v) is 13.3. The molecular formula is C14H26O2S2. The summed E-state index contributed by atoms with van der Waals surface area (Å²) in [5.74, 6) is 1.99. The van der Waals surface area contributed by atoms with E-state index in [9.17, 15) is 4.79 Å². The molecule has 0 saturated carbocycles. The van der Waals surface area contributed by atoms with Gasteiger partial charge in [-0.25, -0.2) is 0 Å². The van der Waals surface area contributed by atoms with E-state index in [1.54, 1.807) is 0 Å². The van der Waals surface area contributed by atoms with Crippen LogP contribution in [0.4, 0.5) is 0 Å². The van der Waals surface area contributed by atoms with Gasteiger partial charge < -0.3 is 4.74 Å². The Morgan fingerprint density at radius 1 is 1.33 bits per heavy atom. The molecule has 0 spiro atoms. The van der Waals surface area contributed by atoms with Crippen LogP contribution in [0.25, 0.3) is 0 Å². The first-order chi connectivity index (χ1) is 8.68. The average molecular weight is 290 g/mol. The Balaban J connectivity index is 1.87. The molecule has 4 heteroatoms. The Kier molecular flexibility index (Phi) is 9.03. The van der Waals surface area contributed by atoms with Crippen LogP contribution in [-0.4, -0.2) is 23.6 Å². The van der Waals surface area contributed by atoms with Crippen LogP contribution in [0.1, 0.15) is 58.8 Å². The highest BCUT2D eigenvalue weighted by Crippen LogP contribution is 2.39. The molecule has 0 radical (unpaired) electrons. The van der Waals surface area contributed by atoms with Crippen LogP contribution in [-0.2, 0) is 9.53 Å². The molecule has 1 atom stereocenters. The molecule has 0 aromatic heterocycles. The third kappa shape index (κ3) is 8.30. The van der Waals surface area contributed by atoms with E-state index in [2.05, 4.69) is 13.8 Å². The lowest BCUT2D eigenvalue weighted by atomic mass is 10.1. The van der Waals surface area contributed by atoms with E-state index in [4.69, 9.17) is 4.74 Å². The summed E-state index contributed by atoms with van der Waals surface area (Å²) in [5.41, 5.74) is 0. The molecule has 0 aromatic rings. The van der Waals surface area contributed by atoms with Crippen molar-refractivity contribution in [3.05, 3.63) is 0 Å². The van der Waals surface area contributed by atoms with E-state index in [0.29, 0.717) is 18.9 Å². The van der Waals surface area contributed by atoms with Crippen molar-refractivity contribution in [3.63, 3.8) is 0 Å². The summed E-state index contributed by atoms with van der Waals surface area (Å²) in [6, 6.07) is 0. The maximum absolute atomic E-state index is 11.5. The minimum absolute atomic E-state index is 0.00722. The van der Waals surface area contributed by atoms with Crippen molar-refractivity contribution in [2.75, 3.05) is 12.4 Å². The van der Waals surface area contributed by atoms with Crippen molar-refractivity contribution in [1.82, 2.24) is 0 Å². The molecule has 1 rings (SSSR count). The number of hydrogen-bond donors (Lipinski definition) is 0. The first kappa shape index (κ1) is 16.2. The van der Waals surface area contributed by atoms with Gasteiger partial charge in [-0.3, -0.25) is 4.79 Å². The van der Waals surface area contributed by atoms with Gasteiger partial charge in [-0.1, -0.05) is 41.9 Å². The molecule has 0 amide bonds. The van der Waals surface area contributed by atoms with Crippen LogP contribution in [0.5, 0.6) is 0 Å². The van der Waals surface area contributed by atoms with Gasteiger partial charge in [-0.15, -0.1) is 0 Å². The number of carbonyl (C=O) groups is 1. The standard InChI is InChI=1S/C14H26O2S2/c1-12(2)6-5-10-16-14(15)8-4-3-7-13-9-11-17-18-13/h12-13H,3-11H2,1-2H3. The lowest BCUT2D eigenvalue weighted by molar-refractivity contribution is -0.143. The van der Waals surface area contributed by atoms with Gasteiger partial charge in [0.1, 0.15) is 0 Å². The Morgan fingerprint density at radius 3 is 2.83 bits per heavy atom. The fourth-order valence-corrected chi connectivity index (χ4v) is 4.98. The zero-order valence-electron chi connectivity index (χ0n) is 11.7. The Labute approximate surface area is 119 Å². The van der Waals surface area contributed by atoms with Gasteiger partial charge in [-0.2, -0.15) is 0 Å². The summed E-state index contributed by atoms with van der Waals surface area (Å²) >= 11 is 0. The van der Waals surface area contributed by atoms with Gasteiger partial charge in [0.25, 0.3) is 0 Å². The minimum atomic E-state index is -0.00722. The number of unbranched alkanes of at least 4 members (excludes halogenated alkanes) is 1. The van der Waals surface area contributed by atoms with Crippen LogP contribution < -0.4 is 0 Å². The molecule has 0 aliphatic carbocycles. The van der Waals surface area contributed by atoms with Crippen molar-refractivity contribution < 1.29 is 9.53 Å². The van der Waals surface area contributed by atoms with Gasteiger partial charge >= 0.3 is 5.97 Å². The SMILES string of the molecule is CC(C)CCCOC(=O)CCCCC1CCSS1. The molecule has 2 nitrogen and oxygen atoms in total. The maximum atomic E-state index is 11.5. The van der Waals surface area contributed by atoms with Crippen LogP contribution in [0.2, 0.25) is 0 Å². The van der Waals surface area contributed by atoms with Crippen LogP contribution in [0, 0.1) is 5.92 Å². The predicted octanol–water partition coefficient (Wildman–Crippen LogP) is 4.68. The molecule has 0 aromatic carbocycles. The zero-order chi connectivity index (χ0) is 13.2. The van der Waals surface area contributed by atoms with Gasteiger partial charge in [0.15, 0.2) is 0 Å². The second kappa shape index (κ2) is 10.0. The molecule has 1 aliphatic rings. The normalized spacial score (nSPS) is 19.4. The highest BCUT2D eigenvalue weighted by Gasteiger charge is 2.15. The summed E-state index contributed by atoms with van der Waals surface area (Å²) in [6.07, 6.45) is 7.51. The first-order valence-electron chi connectivity index (χ1n) is 7.12. The molecule has 0 N–H and O–H groups in total. The van der Waals surface area contributed by atoms with Crippen molar-refractivity contribution in [1.29, 1.82) is 0 Å². The molecule has 1 unspecified atom stereocenters. The van der Waals surface area contributed by atoms with Crippen molar-refractivity contribution in [2.24, 2.45) is 5.92 Å². The fourth-order valence-electron chi connectivity index (χ4n) is 1.96. The summed E-state index contributed by atoms with van der Waals surface area (Å²) < 4.78 is 5.22. The van der Waals surface area contributed by atoms with E-state index in [0.717, 1.165) is 24.5 Å². The number of esters is 1. The van der Waals surface area contributed by atoms with Gasteiger partial charge in [0.2, 0.25) is 0 Å². The van der Waals surface area contributed by atoms with Crippen molar-refractivity contribution in [2.45, 2.75) is 64.0 Å². The van der Waals surface area contributed by atoms with Crippen LogP contribution in [0.15, 0.2) is 0 Å². The lowest BCUT2D eigenvalue weighted by Crippen LogP contribution is -2.07. The second-order valence-corrected chi connectivity index (χ2v) is 8.12. The average Bonchev–Trinajstić information content (AvgIpc) is 2.83. The van der Waals surface area contributed by atoms with E-state index in [1.807, 2.05) is 21.6 Å². The third-order valence-corrected chi connectivity index (χ3v) is 6.08. The van der Waals surface area contributed by atoms with Gasteiger partial charge in [0, 0.05) is 17.4 Å². The smallest absolute Gasteiger partial charge is 0.305 e. The predicted molar refractivity (Wildman–Crippen MR) is 82.0 cm³/mol. The molecule has 1 fully saturated rings. The fraction of sp³-hybridized carbons (Fsp3) is 0.929. The molecule has 1 aliphatic heterocycles. The number of rotatable bonds is 9. The molecule has 18 heavy (non-hydrogen) atoms. The molecule has 1 heterocycles. The topological polar surface area (TPSA) is 26.3 Å². The molecule has 106 valence electrons. The number of ether oxygens (including phenoxy) is 1. The summed E-state index contributed by atoms with van der Waals surface area (Å²) in [4.78, 5) is 11.5. The summed E-state index contributed by atoms with van der Waals surface area (Å²) in [6.45, 7) is 4.99. The largest absolute Gasteiger partial charge is 0.466 e. The number of carbonyl (C=O) groups excluding carboxylic acids is 1. The molecular weight excluding hydrogens is 264 g/mol.